The van der Waals surface area contributed by atoms with Gasteiger partial charge in [-0.1, -0.05) is 23.3 Å². The maximum Gasteiger partial charge on any atom is 0.338 e. The van der Waals surface area contributed by atoms with Gasteiger partial charge in [0.05, 0.1) is 12.7 Å². The highest BCUT2D eigenvalue weighted by Crippen LogP contribution is 2.37. The van der Waals surface area contributed by atoms with Crippen LogP contribution in [0.1, 0.15) is 18.7 Å². The second-order valence-electron chi connectivity index (χ2n) is 5.19. The van der Waals surface area contributed by atoms with Crippen molar-refractivity contribution >= 4 is 22.9 Å². The van der Waals surface area contributed by atoms with Gasteiger partial charge in [0, 0.05) is 11.1 Å². The number of methoxy groups -OCH3 is 1. The Labute approximate surface area is 130 Å². The summed E-state index contributed by atoms with van der Waals surface area (Å²) in [7, 11) is 1.34. The maximum atomic E-state index is 12.3. The first-order valence-corrected chi connectivity index (χ1v) is 7.01. The first-order chi connectivity index (χ1) is 11.2. The zero-order chi connectivity index (χ0) is 16.0. The number of ether oxygens (including phenoxy) is 1. The molecule has 1 aliphatic rings. The van der Waals surface area contributed by atoms with E-state index in [4.69, 9.17) is 9.15 Å². The third kappa shape index (κ3) is 1.99. The Kier molecular flexibility index (Phi) is 2.90. The number of fused-ring (bicyclic) bond motifs is 2. The Hall–Kier alpha value is -3.16. The number of rotatable bonds is 2. The second kappa shape index (κ2) is 4.94. The van der Waals surface area contributed by atoms with E-state index in [1.807, 2.05) is 30.3 Å². The number of carbonyl (C=O) groups is 1. The third-order valence-electron chi connectivity index (χ3n) is 3.83. The molecule has 8 heteroatoms. The van der Waals surface area contributed by atoms with Crippen LogP contribution in [0.25, 0.3) is 11.0 Å². The number of furan rings is 1. The fourth-order valence-electron chi connectivity index (χ4n) is 2.79. The summed E-state index contributed by atoms with van der Waals surface area (Å²) in [5, 5.41) is 15.5. The van der Waals surface area contributed by atoms with Crippen LogP contribution in [0.5, 0.6) is 0 Å². The van der Waals surface area contributed by atoms with Crippen molar-refractivity contribution < 1.29 is 13.9 Å². The Bertz CT molecular complexity index is 906. The molecule has 1 atom stereocenters. The van der Waals surface area contributed by atoms with Gasteiger partial charge in [0.2, 0.25) is 5.95 Å². The van der Waals surface area contributed by atoms with Crippen LogP contribution in [-0.2, 0) is 9.53 Å². The van der Waals surface area contributed by atoms with Crippen LogP contribution in [0.3, 0.4) is 0 Å². The van der Waals surface area contributed by atoms with Crippen LogP contribution >= 0.6 is 0 Å². The molecule has 4 rings (SSSR count). The smallest absolute Gasteiger partial charge is 0.338 e. The van der Waals surface area contributed by atoms with Crippen molar-refractivity contribution in [1.29, 1.82) is 0 Å². The highest BCUT2D eigenvalue weighted by molar-refractivity contribution is 5.92. The molecular weight excluding hydrogens is 298 g/mol. The number of hydrogen-bond donors (Lipinski definition) is 1. The van der Waals surface area contributed by atoms with Gasteiger partial charge < -0.3 is 14.5 Å². The van der Waals surface area contributed by atoms with Gasteiger partial charge in [0.25, 0.3) is 0 Å². The number of hydrogen-bond acceptors (Lipinski definition) is 7. The van der Waals surface area contributed by atoms with E-state index < -0.39 is 12.0 Å². The molecular formula is C15H13N5O3. The number of para-hydroxylation sites is 1. The number of nitrogens with zero attached hydrogens (tertiary/aromatic N) is 4. The molecule has 0 saturated heterocycles. The van der Waals surface area contributed by atoms with Gasteiger partial charge in [-0.05, 0) is 29.5 Å². The van der Waals surface area contributed by atoms with E-state index in [9.17, 15) is 4.79 Å². The van der Waals surface area contributed by atoms with Crippen molar-refractivity contribution in [2.45, 2.75) is 13.0 Å². The molecule has 0 aliphatic carbocycles. The molecule has 0 amide bonds. The van der Waals surface area contributed by atoms with Gasteiger partial charge in [-0.25, -0.2) is 4.79 Å². The van der Waals surface area contributed by atoms with Gasteiger partial charge >= 0.3 is 5.97 Å². The lowest BCUT2D eigenvalue weighted by molar-refractivity contribution is -0.136. The molecule has 1 unspecified atom stereocenters. The summed E-state index contributed by atoms with van der Waals surface area (Å²) in [5.41, 5.74) is 1.77. The molecule has 116 valence electrons. The van der Waals surface area contributed by atoms with Crippen LogP contribution in [0.4, 0.5) is 5.95 Å². The summed E-state index contributed by atoms with van der Waals surface area (Å²) >= 11 is 0. The van der Waals surface area contributed by atoms with E-state index in [0.29, 0.717) is 23.0 Å². The summed E-state index contributed by atoms with van der Waals surface area (Å²) in [6.45, 7) is 1.78. The summed E-state index contributed by atoms with van der Waals surface area (Å²) in [4.78, 5) is 12.3. The highest BCUT2D eigenvalue weighted by Gasteiger charge is 2.36. The summed E-state index contributed by atoms with van der Waals surface area (Å²) < 4.78 is 12.3. The average molecular weight is 311 g/mol. The second-order valence-corrected chi connectivity index (χ2v) is 5.19. The molecule has 2 aromatic heterocycles. The van der Waals surface area contributed by atoms with Crippen molar-refractivity contribution in [3.8, 4) is 0 Å². The number of esters is 1. The van der Waals surface area contributed by atoms with E-state index >= 15 is 0 Å². The summed E-state index contributed by atoms with van der Waals surface area (Å²) in [6.07, 6.45) is 0. The molecule has 1 aliphatic heterocycles. The minimum atomic E-state index is -0.582. The van der Waals surface area contributed by atoms with E-state index in [2.05, 4.69) is 20.8 Å². The number of carbonyl (C=O) groups excluding carboxylic acids is 1. The highest BCUT2D eigenvalue weighted by atomic mass is 16.5. The SMILES string of the molecule is COC(=O)C1=C(C)Nc2nnnn2C1c1cc2ccccc2o1. The lowest BCUT2D eigenvalue weighted by Gasteiger charge is -2.25. The molecule has 0 saturated carbocycles. The molecule has 3 aromatic rings. The van der Waals surface area contributed by atoms with Crippen molar-refractivity contribution in [3.63, 3.8) is 0 Å². The van der Waals surface area contributed by atoms with Crippen LogP contribution in [-0.4, -0.2) is 33.3 Å². The quantitative estimate of drug-likeness (QED) is 0.722. The zero-order valence-corrected chi connectivity index (χ0v) is 12.5. The maximum absolute atomic E-state index is 12.3. The normalized spacial score (nSPS) is 17.0. The molecule has 8 nitrogen and oxygen atoms in total. The lowest BCUT2D eigenvalue weighted by atomic mass is 10.0. The average Bonchev–Trinajstić information content (AvgIpc) is 3.18. The molecule has 3 heterocycles. The number of tetrazole rings is 1. The van der Waals surface area contributed by atoms with E-state index in [-0.39, 0.29) is 0 Å². The molecule has 0 bridgehead atoms. The van der Waals surface area contributed by atoms with Crippen molar-refractivity contribution in [2.24, 2.45) is 0 Å². The first-order valence-electron chi connectivity index (χ1n) is 7.01. The fraction of sp³-hybridized carbons (Fsp3) is 0.200. The minimum absolute atomic E-state index is 0.409. The predicted octanol–water partition coefficient (Wildman–Crippen LogP) is 1.88. The standard InChI is InChI=1S/C15H13N5O3/c1-8-12(14(21)22-2)13(20-15(16-8)17-18-19-20)11-7-9-5-3-4-6-10(9)23-11/h3-7,13H,1-2H3,(H,16,17,19). The molecule has 23 heavy (non-hydrogen) atoms. The Balaban J connectivity index is 1.94. The first kappa shape index (κ1) is 13.5. The van der Waals surface area contributed by atoms with E-state index in [0.717, 1.165) is 11.0 Å². The number of allylic oxidation sites excluding steroid dienone is 1. The molecule has 1 aromatic carbocycles. The van der Waals surface area contributed by atoms with Crippen LogP contribution in [0.15, 0.2) is 46.0 Å². The monoisotopic (exact) mass is 311 g/mol. The van der Waals surface area contributed by atoms with Gasteiger partial charge in [0.15, 0.2) is 0 Å². The lowest BCUT2D eigenvalue weighted by Crippen LogP contribution is -2.29. The van der Waals surface area contributed by atoms with Crippen LogP contribution < -0.4 is 5.32 Å². The Morgan fingerprint density at radius 1 is 1.39 bits per heavy atom. The number of anilines is 1. The number of nitrogens with one attached hydrogen (secondary N) is 1. The topological polar surface area (TPSA) is 95.1 Å². The molecule has 0 spiro atoms. The Morgan fingerprint density at radius 3 is 3.00 bits per heavy atom. The minimum Gasteiger partial charge on any atom is -0.466 e. The van der Waals surface area contributed by atoms with E-state index in [1.165, 1.54) is 11.8 Å². The molecule has 0 radical (unpaired) electrons. The zero-order valence-electron chi connectivity index (χ0n) is 12.5. The van der Waals surface area contributed by atoms with Gasteiger partial charge in [-0.2, -0.15) is 4.68 Å². The van der Waals surface area contributed by atoms with Crippen molar-refractivity contribution in [3.05, 3.63) is 47.4 Å². The van der Waals surface area contributed by atoms with Crippen LogP contribution in [0.2, 0.25) is 0 Å². The van der Waals surface area contributed by atoms with E-state index in [1.54, 1.807) is 6.92 Å². The van der Waals surface area contributed by atoms with Gasteiger partial charge in [-0.3, -0.25) is 0 Å². The molecule has 0 fully saturated rings. The van der Waals surface area contributed by atoms with Gasteiger partial charge in [0.1, 0.15) is 17.4 Å². The summed E-state index contributed by atoms with van der Waals surface area (Å²) in [6, 6.07) is 8.93. The number of aromatic nitrogens is 4. The van der Waals surface area contributed by atoms with Crippen LogP contribution in [0, 0.1) is 0 Å². The van der Waals surface area contributed by atoms with Crippen molar-refractivity contribution in [1.82, 2.24) is 20.2 Å². The van der Waals surface area contributed by atoms with Crippen molar-refractivity contribution in [2.75, 3.05) is 12.4 Å². The predicted molar refractivity (Wildman–Crippen MR) is 80.5 cm³/mol. The van der Waals surface area contributed by atoms with Gasteiger partial charge in [-0.15, -0.1) is 0 Å². The third-order valence-corrected chi connectivity index (χ3v) is 3.83. The largest absolute Gasteiger partial charge is 0.466 e. The summed E-state index contributed by atoms with van der Waals surface area (Å²) in [5.74, 6) is 0.559. The number of benzene rings is 1. The molecule has 1 N–H and O–H groups in total. The fourth-order valence-corrected chi connectivity index (χ4v) is 2.79. The Morgan fingerprint density at radius 2 is 2.22 bits per heavy atom.